The summed E-state index contributed by atoms with van der Waals surface area (Å²) in [7, 11) is 1.97. The lowest BCUT2D eigenvalue weighted by molar-refractivity contribution is 0.249. The minimum Gasteiger partial charge on any atom is -0.486 e. The average Bonchev–Trinajstić information content (AvgIpc) is 2.91. The molecule has 4 heteroatoms. The van der Waals surface area contributed by atoms with Crippen molar-refractivity contribution < 1.29 is 9.26 Å². The fourth-order valence-electron chi connectivity index (χ4n) is 1.65. The predicted octanol–water partition coefficient (Wildman–Crippen LogP) is 2.40. The Kier molecular flexibility index (Phi) is 4.36. The van der Waals surface area contributed by atoms with E-state index in [0.29, 0.717) is 12.6 Å². The maximum absolute atomic E-state index is 5.59. The van der Waals surface area contributed by atoms with Crippen LogP contribution in [0, 0.1) is 0 Å². The van der Waals surface area contributed by atoms with Crippen LogP contribution < -0.4 is 10.1 Å². The zero-order valence-electron chi connectivity index (χ0n) is 10.7. The molecule has 0 fully saturated rings. The summed E-state index contributed by atoms with van der Waals surface area (Å²) in [6.45, 7) is 2.57. The van der Waals surface area contributed by atoms with Crippen LogP contribution in [0.3, 0.4) is 0 Å². The van der Waals surface area contributed by atoms with Crippen molar-refractivity contribution in [3.05, 3.63) is 47.9 Å². The Morgan fingerprint density at radius 1 is 1.28 bits per heavy atom. The molecule has 1 unspecified atom stereocenters. The van der Waals surface area contributed by atoms with Gasteiger partial charge in [-0.2, -0.15) is 0 Å². The molecule has 0 aliphatic rings. The smallest absolute Gasteiger partial charge is 0.174 e. The quantitative estimate of drug-likeness (QED) is 0.850. The molecule has 1 N–H and O–H groups in total. The molecule has 1 atom stereocenters. The third-order valence-electron chi connectivity index (χ3n) is 2.83. The van der Waals surface area contributed by atoms with Gasteiger partial charge in [-0.25, -0.2) is 0 Å². The van der Waals surface area contributed by atoms with Crippen LogP contribution in [0.1, 0.15) is 18.2 Å². The van der Waals surface area contributed by atoms with Gasteiger partial charge in [0.05, 0.1) is 6.20 Å². The number of rotatable bonds is 6. The van der Waals surface area contributed by atoms with Crippen molar-refractivity contribution in [2.45, 2.75) is 26.0 Å². The largest absolute Gasteiger partial charge is 0.486 e. The first-order chi connectivity index (χ1) is 8.78. The van der Waals surface area contributed by atoms with Crippen molar-refractivity contribution in [3.63, 3.8) is 0 Å². The standard InChI is InChI=1S/C14H18N2O2/c1-11(15-2)9-12-3-5-13(6-4-12)17-10-14-7-8-16-18-14/h3-8,11,15H,9-10H2,1-2H3. The van der Waals surface area contributed by atoms with Gasteiger partial charge in [0.2, 0.25) is 0 Å². The zero-order chi connectivity index (χ0) is 12.8. The van der Waals surface area contributed by atoms with E-state index in [9.17, 15) is 0 Å². The van der Waals surface area contributed by atoms with Gasteiger partial charge in [0.25, 0.3) is 0 Å². The summed E-state index contributed by atoms with van der Waals surface area (Å²) in [6, 6.07) is 10.4. The van der Waals surface area contributed by atoms with E-state index in [1.165, 1.54) is 5.56 Å². The molecule has 0 spiro atoms. The fraction of sp³-hybridized carbons (Fsp3) is 0.357. The molecule has 0 aliphatic heterocycles. The molecule has 0 aliphatic carbocycles. The summed E-state index contributed by atoms with van der Waals surface area (Å²) in [5, 5.41) is 6.85. The van der Waals surface area contributed by atoms with Gasteiger partial charge < -0.3 is 14.6 Å². The van der Waals surface area contributed by atoms with E-state index in [1.54, 1.807) is 12.3 Å². The van der Waals surface area contributed by atoms with Gasteiger partial charge in [-0.3, -0.25) is 0 Å². The first-order valence-corrected chi connectivity index (χ1v) is 6.06. The number of hydrogen-bond acceptors (Lipinski definition) is 4. The van der Waals surface area contributed by atoms with E-state index < -0.39 is 0 Å². The second kappa shape index (κ2) is 6.21. The van der Waals surface area contributed by atoms with Gasteiger partial charge in [0.15, 0.2) is 5.76 Å². The first-order valence-electron chi connectivity index (χ1n) is 6.06. The van der Waals surface area contributed by atoms with Crippen LogP contribution in [-0.4, -0.2) is 18.2 Å². The van der Waals surface area contributed by atoms with E-state index in [0.717, 1.165) is 17.9 Å². The molecule has 2 rings (SSSR count). The monoisotopic (exact) mass is 246 g/mol. The Morgan fingerprint density at radius 3 is 2.67 bits per heavy atom. The van der Waals surface area contributed by atoms with Gasteiger partial charge >= 0.3 is 0 Å². The molecule has 4 nitrogen and oxygen atoms in total. The van der Waals surface area contributed by atoms with Crippen LogP contribution in [0.25, 0.3) is 0 Å². The lowest BCUT2D eigenvalue weighted by Crippen LogP contribution is -2.23. The molecule has 0 radical (unpaired) electrons. The van der Waals surface area contributed by atoms with Crippen molar-refractivity contribution in [3.8, 4) is 5.75 Å². The number of aromatic nitrogens is 1. The number of nitrogens with zero attached hydrogens (tertiary/aromatic N) is 1. The first kappa shape index (κ1) is 12.6. The average molecular weight is 246 g/mol. The van der Waals surface area contributed by atoms with E-state index in [4.69, 9.17) is 9.26 Å². The highest BCUT2D eigenvalue weighted by atomic mass is 16.5. The molecule has 0 saturated carbocycles. The minimum absolute atomic E-state index is 0.409. The van der Waals surface area contributed by atoms with Crippen LogP contribution in [0.2, 0.25) is 0 Å². The number of benzene rings is 1. The Bertz CT molecular complexity index is 451. The molecular formula is C14H18N2O2. The molecular weight excluding hydrogens is 228 g/mol. The lowest BCUT2D eigenvalue weighted by atomic mass is 10.1. The summed E-state index contributed by atoms with van der Waals surface area (Å²) in [5.41, 5.74) is 1.30. The second-order valence-electron chi connectivity index (χ2n) is 4.31. The molecule has 0 bridgehead atoms. The van der Waals surface area contributed by atoms with Gasteiger partial charge in [0, 0.05) is 12.1 Å². The van der Waals surface area contributed by atoms with E-state index in [-0.39, 0.29) is 0 Å². The van der Waals surface area contributed by atoms with Gasteiger partial charge in [-0.05, 0) is 38.1 Å². The fourth-order valence-corrected chi connectivity index (χ4v) is 1.65. The molecule has 1 aromatic carbocycles. The molecule has 0 saturated heterocycles. The summed E-state index contributed by atoms with van der Waals surface area (Å²) in [6.07, 6.45) is 2.62. The van der Waals surface area contributed by atoms with Crippen LogP contribution in [0.5, 0.6) is 5.75 Å². The maximum atomic E-state index is 5.59. The number of ether oxygens (including phenoxy) is 1. The maximum Gasteiger partial charge on any atom is 0.174 e. The van der Waals surface area contributed by atoms with Crippen LogP contribution in [0.15, 0.2) is 41.1 Å². The van der Waals surface area contributed by atoms with E-state index >= 15 is 0 Å². The Morgan fingerprint density at radius 2 is 2.06 bits per heavy atom. The highest BCUT2D eigenvalue weighted by Gasteiger charge is 2.02. The third-order valence-corrected chi connectivity index (χ3v) is 2.83. The number of hydrogen-bond donors (Lipinski definition) is 1. The second-order valence-corrected chi connectivity index (χ2v) is 4.31. The van der Waals surface area contributed by atoms with Crippen LogP contribution in [0.4, 0.5) is 0 Å². The molecule has 1 aromatic heterocycles. The highest BCUT2D eigenvalue weighted by molar-refractivity contribution is 5.27. The molecule has 2 aromatic rings. The molecule has 18 heavy (non-hydrogen) atoms. The minimum atomic E-state index is 0.409. The van der Waals surface area contributed by atoms with E-state index in [2.05, 4.69) is 29.5 Å². The van der Waals surface area contributed by atoms with Crippen molar-refractivity contribution in [1.82, 2.24) is 10.5 Å². The Hall–Kier alpha value is -1.81. The zero-order valence-corrected chi connectivity index (χ0v) is 10.7. The van der Waals surface area contributed by atoms with Gasteiger partial charge in [0.1, 0.15) is 12.4 Å². The highest BCUT2D eigenvalue weighted by Crippen LogP contribution is 2.15. The summed E-state index contributed by atoms with van der Waals surface area (Å²) >= 11 is 0. The van der Waals surface area contributed by atoms with Crippen LogP contribution in [-0.2, 0) is 13.0 Å². The normalized spacial score (nSPS) is 12.3. The van der Waals surface area contributed by atoms with E-state index in [1.807, 2.05) is 19.2 Å². The van der Waals surface area contributed by atoms with Crippen molar-refractivity contribution >= 4 is 0 Å². The van der Waals surface area contributed by atoms with Crippen molar-refractivity contribution in [2.24, 2.45) is 0 Å². The molecule has 0 amide bonds. The summed E-state index contributed by atoms with van der Waals surface area (Å²) < 4.78 is 10.6. The van der Waals surface area contributed by atoms with Gasteiger partial charge in [-0.15, -0.1) is 0 Å². The van der Waals surface area contributed by atoms with Crippen LogP contribution >= 0.6 is 0 Å². The number of nitrogens with one attached hydrogen (secondary N) is 1. The molecule has 1 heterocycles. The van der Waals surface area contributed by atoms with Crippen molar-refractivity contribution in [1.29, 1.82) is 0 Å². The Balaban J connectivity index is 1.87. The summed E-state index contributed by atoms with van der Waals surface area (Å²) in [5.74, 6) is 1.56. The predicted molar refractivity (Wildman–Crippen MR) is 69.5 cm³/mol. The topological polar surface area (TPSA) is 47.3 Å². The Labute approximate surface area is 107 Å². The summed E-state index contributed by atoms with van der Waals surface area (Å²) in [4.78, 5) is 0. The van der Waals surface area contributed by atoms with Gasteiger partial charge in [-0.1, -0.05) is 17.3 Å². The lowest BCUT2D eigenvalue weighted by Gasteiger charge is -2.10. The number of likely N-dealkylation sites (N-methyl/N-ethyl adjacent to an activating group) is 1. The third kappa shape index (κ3) is 3.60. The van der Waals surface area contributed by atoms with Crippen molar-refractivity contribution in [2.75, 3.05) is 7.05 Å². The SMILES string of the molecule is CNC(C)Cc1ccc(OCc2ccno2)cc1. The molecule has 96 valence electrons.